The highest BCUT2D eigenvalue weighted by atomic mass is 35.5. The van der Waals surface area contributed by atoms with Gasteiger partial charge in [-0.1, -0.05) is 54.1 Å². The van der Waals surface area contributed by atoms with Gasteiger partial charge in [-0.2, -0.15) is 0 Å². The number of anilines is 1. The number of benzene rings is 2. The second kappa shape index (κ2) is 10.9. The highest BCUT2D eigenvalue weighted by Gasteiger charge is 2.26. The van der Waals surface area contributed by atoms with E-state index in [2.05, 4.69) is 5.32 Å². The van der Waals surface area contributed by atoms with Crippen molar-refractivity contribution in [3.05, 3.63) is 75.6 Å². The van der Waals surface area contributed by atoms with Crippen LogP contribution in [-0.2, 0) is 20.9 Å². The van der Waals surface area contributed by atoms with Crippen molar-refractivity contribution in [1.82, 2.24) is 0 Å². The highest BCUT2D eigenvalue weighted by Crippen LogP contribution is 2.43. The molecule has 7 nitrogen and oxygen atoms in total. The molecule has 1 heterocycles. The molecular formula is C23H20ClNO6S. The van der Waals surface area contributed by atoms with E-state index in [1.54, 1.807) is 31.2 Å². The third-order valence-corrected chi connectivity index (χ3v) is 5.68. The number of hydrogen-bond donors (Lipinski definition) is 2. The van der Waals surface area contributed by atoms with Gasteiger partial charge >= 0.3 is 11.9 Å². The lowest BCUT2D eigenvalue weighted by molar-refractivity contribution is -0.119. The number of amides is 1. The van der Waals surface area contributed by atoms with Crippen LogP contribution >= 0.6 is 22.9 Å². The van der Waals surface area contributed by atoms with E-state index in [9.17, 15) is 14.4 Å². The fourth-order valence-corrected chi connectivity index (χ4v) is 4.26. The molecule has 2 aromatic carbocycles. The van der Waals surface area contributed by atoms with Crippen LogP contribution in [0.5, 0.6) is 0 Å². The maximum absolute atomic E-state index is 12.6. The minimum Gasteiger partial charge on any atom is -0.462 e. The SMILES string of the molecule is CCOC(=O)c1c(NC(=O)COC(=O)c2ccc(CO)cc2)sc(Cl)c1-c1ccccc1. The number of halogens is 1. The molecule has 1 aromatic heterocycles. The van der Waals surface area contributed by atoms with Crippen LogP contribution in [-0.4, -0.2) is 36.2 Å². The van der Waals surface area contributed by atoms with Crippen LogP contribution in [0.25, 0.3) is 11.1 Å². The van der Waals surface area contributed by atoms with Crippen LogP contribution in [0.1, 0.15) is 33.2 Å². The summed E-state index contributed by atoms with van der Waals surface area (Å²) in [4.78, 5) is 37.2. The number of nitrogens with one attached hydrogen (secondary N) is 1. The van der Waals surface area contributed by atoms with E-state index in [1.807, 2.05) is 18.2 Å². The molecule has 0 radical (unpaired) electrons. The van der Waals surface area contributed by atoms with E-state index in [0.717, 1.165) is 11.3 Å². The molecule has 0 unspecified atom stereocenters. The predicted octanol–water partition coefficient (Wildman–Crippen LogP) is 4.53. The topological polar surface area (TPSA) is 102 Å². The zero-order valence-electron chi connectivity index (χ0n) is 17.1. The quantitative estimate of drug-likeness (QED) is 0.466. The third kappa shape index (κ3) is 5.53. The molecule has 0 saturated carbocycles. The van der Waals surface area contributed by atoms with Crippen molar-refractivity contribution in [2.24, 2.45) is 0 Å². The van der Waals surface area contributed by atoms with Crippen molar-refractivity contribution in [1.29, 1.82) is 0 Å². The highest BCUT2D eigenvalue weighted by molar-refractivity contribution is 7.21. The van der Waals surface area contributed by atoms with Gasteiger partial charge in [0.15, 0.2) is 6.61 Å². The van der Waals surface area contributed by atoms with E-state index in [0.29, 0.717) is 21.0 Å². The lowest BCUT2D eigenvalue weighted by Crippen LogP contribution is -2.21. The summed E-state index contributed by atoms with van der Waals surface area (Å²) in [6.07, 6.45) is 0. The van der Waals surface area contributed by atoms with Gasteiger partial charge in [-0.25, -0.2) is 9.59 Å². The van der Waals surface area contributed by atoms with Crippen LogP contribution in [0.4, 0.5) is 5.00 Å². The van der Waals surface area contributed by atoms with Crippen molar-refractivity contribution in [2.75, 3.05) is 18.5 Å². The Hall–Kier alpha value is -3.20. The molecule has 0 saturated heterocycles. The number of esters is 2. The van der Waals surface area contributed by atoms with E-state index in [-0.39, 0.29) is 29.3 Å². The molecule has 0 aliphatic carbocycles. The van der Waals surface area contributed by atoms with Gasteiger partial charge in [-0.15, -0.1) is 11.3 Å². The molecule has 3 rings (SSSR count). The second-order valence-corrected chi connectivity index (χ2v) is 8.14. The van der Waals surface area contributed by atoms with Crippen LogP contribution in [0.3, 0.4) is 0 Å². The summed E-state index contributed by atoms with van der Waals surface area (Å²) in [6, 6.07) is 15.2. The Kier molecular flexibility index (Phi) is 7.99. The van der Waals surface area contributed by atoms with Gasteiger partial charge in [-0.05, 0) is 30.2 Å². The number of carbonyl (C=O) groups is 3. The van der Waals surface area contributed by atoms with Crippen LogP contribution in [0.15, 0.2) is 54.6 Å². The zero-order chi connectivity index (χ0) is 23.1. The fourth-order valence-electron chi connectivity index (χ4n) is 2.88. The summed E-state index contributed by atoms with van der Waals surface area (Å²) in [5.41, 5.74) is 2.21. The fraction of sp³-hybridized carbons (Fsp3) is 0.174. The van der Waals surface area contributed by atoms with Crippen molar-refractivity contribution in [3.63, 3.8) is 0 Å². The Morgan fingerprint density at radius 1 is 1.00 bits per heavy atom. The maximum Gasteiger partial charge on any atom is 0.341 e. The zero-order valence-corrected chi connectivity index (χ0v) is 18.7. The van der Waals surface area contributed by atoms with Crippen LogP contribution in [0.2, 0.25) is 4.34 Å². The lowest BCUT2D eigenvalue weighted by Gasteiger charge is -2.09. The second-order valence-electron chi connectivity index (χ2n) is 6.52. The number of aliphatic hydroxyl groups is 1. The molecule has 166 valence electrons. The molecule has 0 aliphatic rings. The summed E-state index contributed by atoms with van der Waals surface area (Å²) in [5, 5.41) is 11.9. The van der Waals surface area contributed by atoms with Gasteiger partial charge in [-0.3, -0.25) is 4.79 Å². The van der Waals surface area contributed by atoms with E-state index < -0.39 is 24.5 Å². The van der Waals surface area contributed by atoms with Gasteiger partial charge in [0.25, 0.3) is 5.91 Å². The molecular weight excluding hydrogens is 454 g/mol. The summed E-state index contributed by atoms with van der Waals surface area (Å²) in [6.45, 7) is 1.13. The molecule has 2 N–H and O–H groups in total. The summed E-state index contributed by atoms with van der Waals surface area (Å²) in [7, 11) is 0. The predicted molar refractivity (Wildman–Crippen MR) is 122 cm³/mol. The Bertz CT molecular complexity index is 1110. The van der Waals surface area contributed by atoms with Crippen LogP contribution in [0, 0.1) is 0 Å². The normalized spacial score (nSPS) is 10.5. The molecule has 1 amide bonds. The van der Waals surface area contributed by atoms with Crippen molar-refractivity contribution in [2.45, 2.75) is 13.5 Å². The van der Waals surface area contributed by atoms with E-state index in [1.165, 1.54) is 12.1 Å². The smallest absolute Gasteiger partial charge is 0.341 e. The minimum atomic E-state index is -0.690. The maximum atomic E-state index is 12.6. The Morgan fingerprint density at radius 3 is 2.31 bits per heavy atom. The average molecular weight is 474 g/mol. The average Bonchev–Trinajstić information content (AvgIpc) is 3.13. The van der Waals surface area contributed by atoms with Gasteiger partial charge in [0.1, 0.15) is 14.9 Å². The molecule has 3 aromatic rings. The van der Waals surface area contributed by atoms with Gasteiger partial charge in [0.05, 0.1) is 18.8 Å². The number of rotatable bonds is 8. The van der Waals surface area contributed by atoms with Gasteiger partial charge < -0.3 is 19.9 Å². The molecule has 0 fully saturated rings. The van der Waals surface area contributed by atoms with Gasteiger partial charge in [0.2, 0.25) is 0 Å². The van der Waals surface area contributed by atoms with Crippen molar-refractivity contribution < 1.29 is 29.0 Å². The molecule has 0 bridgehead atoms. The summed E-state index contributed by atoms with van der Waals surface area (Å²) < 4.78 is 10.5. The van der Waals surface area contributed by atoms with Crippen molar-refractivity contribution >= 4 is 45.8 Å². The molecule has 0 spiro atoms. The van der Waals surface area contributed by atoms with E-state index in [4.69, 9.17) is 26.2 Å². The number of aliphatic hydroxyl groups excluding tert-OH is 1. The number of carbonyl (C=O) groups excluding carboxylic acids is 3. The first-order valence-corrected chi connectivity index (χ1v) is 10.9. The largest absolute Gasteiger partial charge is 0.462 e. The molecule has 0 aliphatic heterocycles. The third-order valence-electron chi connectivity index (χ3n) is 4.37. The molecule has 32 heavy (non-hydrogen) atoms. The van der Waals surface area contributed by atoms with Crippen LogP contribution < -0.4 is 5.32 Å². The molecule has 0 atom stereocenters. The molecule has 9 heteroatoms. The summed E-state index contributed by atoms with van der Waals surface area (Å²) in [5.74, 6) is -1.94. The monoisotopic (exact) mass is 473 g/mol. The van der Waals surface area contributed by atoms with Gasteiger partial charge in [0, 0.05) is 5.56 Å². The standard InChI is InChI=1S/C23H20ClNO6S/c1-2-30-23(29)19-18(15-6-4-3-5-7-15)20(24)32-21(19)25-17(27)13-31-22(28)16-10-8-14(12-26)9-11-16/h3-11,26H,2,12-13H2,1H3,(H,25,27). The van der Waals surface area contributed by atoms with Crippen molar-refractivity contribution in [3.8, 4) is 11.1 Å². The first kappa shape index (κ1) is 23.5. The Morgan fingerprint density at radius 2 is 1.69 bits per heavy atom. The lowest BCUT2D eigenvalue weighted by atomic mass is 10.0. The van der Waals surface area contributed by atoms with E-state index >= 15 is 0 Å². The number of thiophene rings is 1. The Balaban J connectivity index is 1.76. The minimum absolute atomic E-state index is 0.144. The number of ether oxygens (including phenoxy) is 2. The first-order chi connectivity index (χ1) is 15.4. The first-order valence-electron chi connectivity index (χ1n) is 9.66. The Labute approximate surface area is 193 Å². The number of hydrogen-bond acceptors (Lipinski definition) is 7. The summed E-state index contributed by atoms with van der Waals surface area (Å²) >= 11 is 7.42.